The molecule has 1 saturated carbocycles. The zero-order chi connectivity index (χ0) is 13.5. The third-order valence-corrected chi connectivity index (χ3v) is 5.00. The van der Waals surface area contributed by atoms with E-state index in [2.05, 4.69) is 28.8 Å². The molecule has 2 N–H and O–H groups in total. The lowest BCUT2D eigenvalue weighted by molar-refractivity contribution is -0.121. The van der Waals surface area contributed by atoms with Crippen molar-refractivity contribution in [1.82, 2.24) is 10.6 Å². The number of carbonyl (C=O) groups excluding carboxylic acids is 1. The molecule has 0 aromatic heterocycles. The Morgan fingerprint density at radius 3 is 3.00 bits per heavy atom. The standard InChI is InChI=1S/C17H22N2O/c20-16(10-18-13-7-8-13)19-15-9-12-5-1-3-11-4-2-6-14(15)17(11)12/h2,4,6,12-13,15,18H,1,3,5,7-10H2,(H,19,20). The molecule has 0 heterocycles. The summed E-state index contributed by atoms with van der Waals surface area (Å²) in [7, 11) is 0. The second kappa shape index (κ2) is 4.88. The highest BCUT2D eigenvalue weighted by molar-refractivity contribution is 5.79. The largest absolute Gasteiger partial charge is 0.348 e. The molecule has 0 saturated heterocycles. The molecule has 1 fully saturated rings. The van der Waals surface area contributed by atoms with Crippen molar-refractivity contribution >= 4 is 5.91 Å². The van der Waals surface area contributed by atoms with Gasteiger partial charge in [0.15, 0.2) is 0 Å². The highest BCUT2D eigenvalue weighted by atomic mass is 16.2. The normalized spacial score (nSPS) is 27.2. The Hall–Kier alpha value is -1.35. The molecule has 2 unspecified atom stereocenters. The Labute approximate surface area is 120 Å². The molecular weight excluding hydrogens is 248 g/mol. The van der Waals surface area contributed by atoms with Crippen LogP contribution in [0.3, 0.4) is 0 Å². The highest BCUT2D eigenvalue weighted by Gasteiger charge is 2.35. The van der Waals surface area contributed by atoms with Crippen molar-refractivity contribution in [2.24, 2.45) is 0 Å². The Morgan fingerprint density at radius 1 is 1.25 bits per heavy atom. The molecule has 20 heavy (non-hydrogen) atoms. The average Bonchev–Trinajstić information content (AvgIpc) is 3.23. The Balaban J connectivity index is 1.48. The van der Waals surface area contributed by atoms with Crippen molar-refractivity contribution in [3.63, 3.8) is 0 Å². The predicted molar refractivity (Wildman–Crippen MR) is 78.6 cm³/mol. The van der Waals surface area contributed by atoms with Crippen LogP contribution in [-0.4, -0.2) is 18.5 Å². The summed E-state index contributed by atoms with van der Waals surface area (Å²) >= 11 is 0. The Bertz CT molecular complexity index is 536. The predicted octanol–water partition coefficient (Wildman–Crippen LogP) is 2.42. The van der Waals surface area contributed by atoms with E-state index in [1.165, 1.54) is 43.2 Å². The fourth-order valence-corrected chi connectivity index (χ4v) is 3.89. The molecule has 4 rings (SSSR count). The first-order valence-corrected chi connectivity index (χ1v) is 7.95. The van der Waals surface area contributed by atoms with Crippen LogP contribution in [0.25, 0.3) is 0 Å². The summed E-state index contributed by atoms with van der Waals surface area (Å²) in [5.41, 5.74) is 4.46. The van der Waals surface area contributed by atoms with Crippen LogP contribution in [0.4, 0.5) is 0 Å². The zero-order valence-electron chi connectivity index (χ0n) is 11.8. The van der Waals surface area contributed by atoms with Crippen LogP contribution in [0.5, 0.6) is 0 Å². The van der Waals surface area contributed by atoms with Crippen molar-refractivity contribution in [1.29, 1.82) is 0 Å². The number of hydrogen-bond donors (Lipinski definition) is 2. The third kappa shape index (κ3) is 2.24. The maximum atomic E-state index is 12.1. The number of amides is 1. The number of carbonyl (C=O) groups is 1. The number of hydrogen-bond acceptors (Lipinski definition) is 2. The van der Waals surface area contributed by atoms with Crippen LogP contribution >= 0.6 is 0 Å². The fourth-order valence-electron chi connectivity index (χ4n) is 3.89. The van der Waals surface area contributed by atoms with E-state index in [-0.39, 0.29) is 11.9 Å². The molecule has 0 aliphatic heterocycles. The summed E-state index contributed by atoms with van der Waals surface area (Å²) in [6, 6.07) is 7.47. The van der Waals surface area contributed by atoms with Gasteiger partial charge in [0, 0.05) is 6.04 Å². The van der Waals surface area contributed by atoms with Gasteiger partial charge in [0.25, 0.3) is 0 Å². The van der Waals surface area contributed by atoms with Gasteiger partial charge in [-0.2, -0.15) is 0 Å². The second-order valence-electron chi connectivity index (χ2n) is 6.52. The van der Waals surface area contributed by atoms with E-state index >= 15 is 0 Å². The third-order valence-electron chi connectivity index (χ3n) is 5.00. The van der Waals surface area contributed by atoms with Gasteiger partial charge in [-0.05, 0) is 61.1 Å². The van der Waals surface area contributed by atoms with E-state index in [0.717, 1.165) is 6.42 Å². The van der Waals surface area contributed by atoms with Crippen molar-refractivity contribution in [2.75, 3.05) is 6.54 Å². The number of rotatable bonds is 4. The van der Waals surface area contributed by atoms with Gasteiger partial charge in [-0.1, -0.05) is 18.2 Å². The monoisotopic (exact) mass is 270 g/mol. The van der Waals surface area contributed by atoms with Crippen LogP contribution in [0.1, 0.15) is 60.8 Å². The first-order chi connectivity index (χ1) is 9.81. The summed E-state index contributed by atoms with van der Waals surface area (Å²) in [6.07, 6.45) is 7.35. The topological polar surface area (TPSA) is 41.1 Å². The van der Waals surface area contributed by atoms with Gasteiger partial charge >= 0.3 is 0 Å². The molecule has 1 aromatic carbocycles. The molecule has 1 amide bonds. The highest BCUT2D eigenvalue weighted by Crippen LogP contribution is 2.47. The van der Waals surface area contributed by atoms with E-state index < -0.39 is 0 Å². The van der Waals surface area contributed by atoms with E-state index in [4.69, 9.17) is 0 Å². The van der Waals surface area contributed by atoms with E-state index in [0.29, 0.717) is 18.5 Å². The number of benzene rings is 1. The maximum absolute atomic E-state index is 12.1. The van der Waals surface area contributed by atoms with E-state index in [1.54, 1.807) is 5.56 Å². The van der Waals surface area contributed by atoms with Gasteiger partial charge in [0.2, 0.25) is 5.91 Å². The Kier molecular flexibility index (Phi) is 3.03. The lowest BCUT2D eigenvalue weighted by atomic mass is 9.84. The summed E-state index contributed by atoms with van der Waals surface area (Å²) in [5, 5.41) is 6.53. The van der Waals surface area contributed by atoms with Gasteiger partial charge in [-0.15, -0.1) is 0 Å². The maximum Gasteiger partial charge on any atom is 0.234 e. The van der Waals surface area contributed by atoms with Crippen molar-refractivity contribution in [3.05, 3.63) is 34.9 Å². The van der Waals surface area contributed by atoms with Crippen LogP contribution in [-0.2, 0) is 11.2 Å². The molecule has 3 aliphatic carbocycles. The van der Waals surface area contributed by atoms with E-state index in [1.807, 2.05) is 0 Å². The van der Waals surface area contributed by atoms with Crippen molar-refractivity contribution in [3.8, 4) is 0 Å². The van der Waals surface area contributed by atoms with Crippen LogP contribution in [0.2, 0.25) is 0 Å². The zero-order valence-corrected chi connectivity index (χ0v) is 11.8. The first-order valence-electron chi connectivity index (χ1n) is 7.95. The lowest BCUT2D eigenvalue weighted by Crippen LogP contribution is -2.36. The van der Waals surface area contributed by atoms with Gasteiger partial charge in [0.1, 0.15) is 0 Å². The molecule has 1 aromatic rings. The fraction of sp³-hybridized carbons (Fsp3) is 0.588. The van der Waals surface area contributed by atoms with Gasteiger partial charge in [-0.25, -0.2) is 0 Å². The minimum Gasteiger partial charge on any atom is -0.348 e. The van der Waals surface area contributed by atoms with Crippen LogP contribution in [0.15, 0.2) is 18.2 Å². The van der Waals surface area contributed by atoms with E-state index in [9.17, 15) is 4.79 Å². The van der Waals surface area contributed by atoms with Gasteiger partial charge < -0.3 is 10.6 Å². The minimum absolute atomic E-state index is 0.151. The smallest absolute Gasteiger partial charge is 0.234 e. The molecule has 106 valence electrons. The summed E-state index contributed by atoms with van der Waals surface area (Å²) < 4.78 is 0. The average molecular weight is 270 g/mol. The molecule has 2 atom stereocenters. The molecule has 0 bridgehead atoms. The summed E-state index contributed by atoms with van der Waals surface area (Å²) in [5.74, 6) is 0.829. The molecule has 3 heteroatoms. The first kappa shape index (κ1) is 12.4. The lowest BCUT2D eigenvalue weighted by Gasteiger charge is -2.20. The minimum atomic E-state index is 0.151. The van der Waals surface area contributed by atoms with Crippen molar-refractivity contribution in [2.45, 2.75) is 56.5 Å². The quantitative estimate of drug-likeness (QED) is 0.882. The number of aryl methyl sites for hydroxylation is 1. The van der Waals surface area contributed by atoms with Gasteiger partial charge in [0.05, 0.1) is 12.6 Å². The van der Waals surface area contributed by atoms with Gasteiger partial charge in [-0.3, -0.25) is 4.79 Å². The molecule has 3 aliphatic rings. The summed E-state index contributed by atoms with van der Waals surface area (Å²) in [6.45, 7) is 0.473. The molecule has 0 radical (unpaired) electrons. The van der Waals surface area contributed by atoms with Crippen LogP contribution in [0, 0.1) is 0 Å². The second-order valence-corrected chi connectivity index (χ2v) is 6.52. The molecular formula is C17H22N2O. The molecule has 0 spiro atoms. The Morgan fingerprint density at radius 2 is 2.15 bits per heavy atom. The summed E-state index contributed by atoms with van der Waals surface area (Å²) in [4.78, 5) is 12.1. The van der Waals surface area contributed by atoms with Crippen LogP contribution < -0.4 is 10.6 Å². The van der Waals surface area contributed by atoms with Crippen molar-refractivity contribution < 1.29 is 4.79 Å². The number of nitrogens with one attached hydrogen (secondary N) is 2. The molecule has 3 nitrogen and oxygen atoms in total. The SMILES string of the molecule is O=C(CNC1CC1)NC1CC2CCCc3cccc1c32.